The summed E-state index contributed by atoms with van der Waals surface area (Å²) in [6, 6.07) is 2.12. The first-order valence-corrected chi connectivity index (χ1v) is 10.4. The second-order valence-corrected chi connectivity index (χ2v) is 9.30. The zero-order chi connectivity index (χ0) is 17.8. The largest absolute Gasteiger partial charge is 0.471 e. The van der Waals surface area contributed by atoms with Crippen LogP contribution in [-0.4, -0.2) is 51.5 Å². The number of aromatic amines is 1. The smallest absolute Gasteiger partial charge is 0.412 e. The first-order chi connectivity index (χ1) is 13.2. The third-order valence-electron chi connectivity index (χ3n) is 7.88. The fourth-order valence-corrected chi connectivity index (χ4v) is 7.09. The first kappa shape index (κ1) is 15.1. The Balaban J connectivity index is 1.45. The molecule has 4 unspecified atom stereocenters. The third kappa shape index (κ3) is 1.84. The Hall–Kier alpha value is -1.86. The van der Waals surface area contributed by atoms with Gasteiger partial charge in [-0.3, -0.25) is 0 Å². The van der Waals surface area contributed by atoms with Gasteiger partial charge in [0.05, 0.1) is 11.3 Å². The minimum atomic E-state index is -0.458. The van der Waals surface area contributed by atoms with E-state index in [9.17, 15) is 5.11 Å². The molecule has 2 aromatic heterocycles. The lowest BCUT2D eigenvalue weighted by Gasteiger charge is -2.40. The Morgan fingerprint density at radius 1 is 1.33 bits per heavy atom. The Labute approximate surface area is 158 Å². The molecule has 2 aliphatic heterocycles. The molecule has 0 aromatic carbocycles. The number of aliphatic hydroxyl groups is 1. The topological polar surface area (TPSA) is 73.7 Å². The monoisotopic (exact) mass is 362 g/mol. The Bertz CT molecular complexity index is 990. The summed E-state index contributed by atoms with van der Waals surface area (Å²) in [5.41, 5.74) is 4.01. The van der Waals surface area contributed by atoms with Crippen LogP contribution in [0.5, 0.6) is 0 Å². The summed E-state index contributed by atoms with van der Waals surface area (Å²) in [5.74, 6) is 1.99. The quantitative estimate of drug-likeness (QED) is 0.754. The van der Waals surface area contributed by atoms with Gasteiger partial charge < -0.3 is 19.7 Å². The molecule has 0 amide bonds. The summed E-state index contributed by atoms with van der Waals surface area (Å²) in [5, 5.41) is 17.6. The van der Waals surface area contributed by atoms with E-state index in [1.807, 2.05) is 12.4 Å². The number of rotatable bonds is 1. The van der Waals surface area contributed by atoms with Crippen LogP contribution in [-0.2, 0) is 4.65 Å². The predicted octanol–water partition coefficient (Wildman–Crippen LogP) is 1.50. The van der Waals surface area contributed by atoms with Crippen molar-refractivity contribution in [1.29, 1.82) is 0 Å². The highest BCUT2D eigenvalue weighted by Crippen LogP contribution is 2.64. The van der Waals surface area contributed by atoms with Crippen molar-refractivity contribution in [2.75, 3.05) is 13.2 Å². The zero-order valence-electron chi connectivity index (χ0n) is 15.3. The molecule has 8 rings (SSSR count). The van der Waals surface area contributed by atoms with E-state index in [1.165, 1.54) is 17.7 Å². The second kappa shape index (κ2) is 4.94. The molecule has 4 saturated carbocycles. The maximum atomic E-state index is 11.3. The summed E-state index contributed by atoms with van der Waals surface area (Å²) in [6.45, 7) is 1.69. The van der Waals surface area contributed by atoms with Crippen molar-refractivity contribution in [3.05, 3.63) is 24.0 Å². The van der Waals surface area contributed by atoms with E-state index in [2.05, 4.69) is 21.0 Å². The molecule has 4 aliphatic carbocycles. The third-order valence-corrected chi connectivity index (χ3v) is 7.88. The number of hydrazone groups is 1. The minimum absolute atomic E-state index is 0.123. The van der Waals surface area contributed by atoms with E-state index < -0.39 is 5.60 Å². The number of H-pyrrole nitrogens is 1. The molecule has 5 fully saturated rings. The molecule has 6 nitrogen and oxygen atoms in total. The highest BCUT2D eigenvalue weighted by Gasteiger charge is 2.63. The SMILES string of the molecule is OC12CC3CC(C1)[C@H](C1=NN4CCCOB4c4cnc5[nH]ccc5c41)C2C3. The van der Waals surface area contributed by atoms with E-state index in [1.54, 1.807) is 0 Å². The Morgan fingerprint density at radius 3 is 3.22 bits per heavy atom. The number of pyridine rings is 1. The summed E-state index contributed by atoms with van der Waals surface area (Å²) < 4.78 is 6.11. The van der Waals surface area contributed by atoms with Crippen molar-refractivity contribution in [2.45, 2.75) is 37.7 Å². The van der Waals surface area contributed by atoms with E-state index in [4.69, 9.17) is 9.76 Å². The minimum Gasteiger partial charge on any atom is -0.412 e. The molecule has 7 heteroatoms. The van der Waals surface area contributed by atoms with Crippen LogP contribution in [0.25, 0.3) is 11.0 Å². The molecule has 2 N–H and O–H groups in total. The average Bonchev–Trinajstić information content (AvgIpc) is 3.29. The van der Waals surface area contributed by atoms with Crippen molar-refractivity contribution in [3.63, 3.8) is 0 Å². The number of aromatic nitrogens is 2. The maximum Gasteiger partial charge on any atom is 0.471 e. The molecule has 5 atom stereocenters. The number of fused-ring (bicyclic) bond motifs is 5. The van der Waals surface area contributed by atoms with Gasteiger partial charge in [0.2, 0.25) is 0 Å². The lowest BCUT2D eigenvalue weighted by atomic mass is 9.64. The summed E-state index contributed by atoms with van der Waals surface area (Å²) in [4.78, 5) is 10.0. The van der Waals surface area contributed by atoms with Crippen molar-refractivity contribution in [1.82, 2.24) is 14.9 Å². The van der Waals surface area contributed by atoms with E-state index in [0.29, 0.717) is 17.8 Å². The van der Waals surface area contributed by atoms with Gasteiger partial charge in [0.25, 0.3) is 0 Å². The van der Waals surface area contributed by atoms with Gasteiger partial charge >= 0.3 is 7.05 Å². The number of hydrogen-bond donors (Lipinski definition) is 2. The van der Waals surface area contributed by atoms with Crippen molar-refractivity contribution < 1.29 is 9.76 Å². The van der Waals surface area contributed by atoms with Crippen LogP contribution in [0.15, 0.2) is 23.6 Å². The molecule has 0 spiro atoms. The first-order valence-electron chi connectivity index (χ1n) is 10.4. The van der Waals surface area contributed by atoms with Crippen LogP contribution >= 0.6 is 0 Å². The van der Waals surface area contributed by atoms with Gasteiger partial charge in [0, 0.05) is 47.9 Å². The Morgan fingerprint density at radius 2 is 2.30 bits per heavy atom. The van der Waals surface area contributed by atoms with Crippen molar-refractivity contribution in [3.8, 4) is 0 Å². The van der Waals surface area contributed by atoms with Gasteiger partial charge in [-0.15, -0.1) is 0 Å². The van der Waals surface area contributed by atoms with Gasteiger partial charge in [-0.05, 0) is 55.9 Å². The summed E-state index contributed by atoms with van der Waals surface area (Å²) in [6.07, 6.45) is 9.30. The highest BCUT2D eigenvalue weighted by molar-refractivity contribution is 6.67. The van der Waals surface area contributed by atoms with Crippen molar-refractivity contribution >= 4 is 29.3 Å². The molecule has 6 aliphatic rings. The van der Waals surface area contributed by atoms with Gasteiger partial charge in [0.1, 0.15) is 5.65 Å². The molecular formula is C20H23BN4O2. The van der Waals surface area contributed by atoms with Gasteiger partial charge in [-0.2, -0.15) is 5.10 Å². The number of nitrogens with one attached hydrogen (secondary N) is 1. The summed E-state index contributed by atoms with van der Waals surface area (Å²) >= 11 is 0. The average molecular weight is 362 g/mol. The van der Waals surface area contributed by atoms with E-state index in [0.717, 1.165) is 61.2 Å². The molecule has 2 aromatic rings. The van der Waals surface area contributed by atoms with Crippen molar-refractivity contribution in [2.24, 2.45) is 28.8 Å². The van der Waals surface area contributed by atoms with E-state index in [-0.39, 0.29) is 7.05 Å². The predicted molar refractivity (Wildman–Crippen MR) is 103 cm³/mol. The van der Waals surface area contributed by atoms with Gasteiger partial charge in [-0.25, -0.2) is 4.98 Å². The highest BCUT2D eigenvalue weighted by atomic mass is 16.4. The van der Waals surface area contributed by atoms with E-state index >= 15 is 0 Å². The number of nitrogens with zero attached hydrogens (tertiary/aromatic N) is 3. The summed E-state index contributed by atoms with van der Waals surface area (Å²) in [7, 11) is -0.123. The maximum absolute atomic E-state index is 11.3. The second-order valence-electron chi connectivity index (χ2n) is 9.30. The molecule has 27 heavy (non-hydrogen) atoms. The number of hydrogen-bond acceptors (Lipinski definition) is 5. The molecule has 0 radical (unpaired) electrons. The zero-order valence-corrected chi connectivity index (χ0v) is 15.3. The fourth-order valence-electron chi connectivity index (χ4n) is 7.09. The molecular weight excluding hydrogens is 339 g/mol. The van der Waals surface area contributed by atoms with Gasteiger partial charge in [-0.1, -0.05) is 0 Å². The van der Waals surface area contributed by atoms with Crippen LogP contribution in [0.4, 0.5) is 0 Å². The molecule has 4 heterocycles. The van der Waals surface area contributed by atoms with Crippen LogP contribution in [0.1, 0.15) is 37.7 Å². The van der Waals surface area contributed by atoms with Crippen LogP contribution in [0.2, 0.25) is 0 Å². The van der Waals surface area contributed by atoms with Crippen LogP contribution in [0, 0.1) is 23.7 Å². The van der Waals surface area contributed by atoms with Crippen LogP contribution in [0.3, 0.4) is 0 Å². The lowest BCUT2D eigenvalue weighted by Crippen LogP contribution is -2.57. The standard InChI is InChI=1S/C20H23BN4O2/c26-20-8-11-6-12(9-20)16(14(20)7-11)18-17-13-2-3-22-19(13)23-10-15(17)21-25(24-18)4-1-5-27-21/h2-3,10-12,14,16,26H,1,4-9H2,(H,22,23)/t11?,12?,14?,16-,20?/m0/s1. The lowest BCUT2D eigenvalue weighted by molar-refractivity contribution is 0.00917. The van der Waals surface area contributed by atoms with Gasteiger partial charge in [0.15, 0.2) is 0 Å². The molecule has 4 bridgehead atoms. The molecule has 138 valence electrons. The normalized spacial score (nSPS) is 39.1. The molecule has 1 saturated heterocycles. The Kier molecular flexibility index (Phi) is 2.77. The fraction of sp³-hybridized carbons (Fsp3) is 0.600. The van der Waals surface area contributed by atoms with Crippen LogP contribution < -0.4 is 5.46 Å².